The largest absolute Gasteiger partial charge is 0.384 e. The van der Waals surface area contributed by atoms with E-state index in [0.29, 0.717) is 11.7 Å². The van der Waals surface area contributed by atoms with E-state index in [1.807, 2.05) is 30.7 Å². The van der Waals surface area contributed by atoms with Gasteiger partial charge in [0, 0.05) is 56.5 Å². The molecule has 0 bridgehead atoms. The van der Waals surface area contributed by atoms with E-state index in [0.717, 1.165) is 44.2 Å². The van der Waals surface area contributed by atoms with Gasteiger partial charge in [0.15, 0.2) is 0 Å². The molecule has 7 nitrogen and oxygen atoms in total. The molecule has 0 atom stereocenters. The molecule has 2 N–H and O–H groups in total. The highest BCUT2D eigenvalue weighted by Crippen LogP contribution is 2.28. The highest BCUT2D eigenvalue weighted by atomic mass is 15.3. The van der Waals surface area contributed by atoms with E-state index in [4.69, 9.17) is 5.73 Å². The fraction of sp³-hybridized carbons (Fsp3) is 0.333. The quantitative estimate of drug-likeness (QED) is 0.786. The number of aromatic nitrogens is 5. The zero-order valence-corrected chi connectivity index (χ0v) is 14.0. The second-order valence-electron chi connectivity index (χ2n) is 6.31. The van der Waals surface area contributed by atoms with Gasteiger partial charge < -0.3 is 15.2 Å². The first-order valence-corrected chi connectivity index (χ1v) is 8.53. The predicted molar refractivity (Wildman–Crippen MR) is 96.2 cm³/mol. The van der Waals surface area contributed by atoms with Gasteiger partial charge >= 0.3 is 0 Å². The first-order chi connectivity index (χ1) is 12.3. The zero-order valence-electron chi connectivity index (χ0n) is 14.0. The van der Waals surface area contributed by atoms with E-state index in [-0.39, 0.29) is 0 Å². The number of nitrogen functional groups attached to an aromatic ring is 1. The molecule has 128 valence electrons. The number of hydrogen-bond acceptors (Lipinski definition) is 6. The number of hydrogen-bond donors (Lipinski definition) is 1. The molecule has 25 heavy (non-hydrogen) atoms. The molecular weight excluding hydrogens is 314 g/mol. The highest BCUT2D eigenvalue weighted by Gasteiger charge is 2.25. The van der Waals surface area contributed by atoms with Crippen LogP contribution in [0.2, 0.25) is 0 Å². The average Bonchev–Trinajstić information content (AvgIpc) is 3.11. The van der Waals surface area contributed by atoms with E-state index >= 15 is 0 Å². The first-order valence-electron chi connectivity index (χ1n) is 8.53. The van der Waals surface area contributed by atoms with Crippen LogP contribution in [0.4, 0.5) is 11.8 Å². The van der Waals surface area contributed by atoms with Crippen LogP contribution in [0.25, 0.3) is 0 Å². The molecule has 1 saturated heterocycles. The summed E-state index contributed by atoms with van der Waals surface area (Å²) in [6, 6.07) is 5.80. The number of pyridine rings is 1. The fourth-order valence-corrected chi connectivity index (χ4v) is 3.35. The summed E-state index contributed by atoms with van der Waals surface area (Å²) < 4.78 is 2.24. The van der Waals surface area contributed by atoms with Crippen molar-refractivity contribution in [2.24, 2.45) is 0 Å². The summed E-state index contributed by atoms with van der Waals surface area (Å²) in [6.07, 6.45) is 11.4. The van der Waals surface area contributed by atoms with E-state index < -0.39 is 0 Å². The molecule has 1 fully saturated rings. The van der Waals surface area contributed by atoms with Crippen molar-refractivity contribution < 1.29 is 0 Å². The lowest BCUT2D eigenvalue weighted by atomic mass is 9.96. The van der Waals surface area contributed by atoms with Gasteiger partial charge in [0.2, 0.25) is 5.95 Å². The summed E-state index contributed by atoms with van der Waals surface area (Å²) in [5.74, 6) is 2.85. The second kappa shape index (κ2) is 6.88. The van der Waals surface area contributed by atoms with Gasteiger partial charge in [-0.2, -0.15) is 4.98 Å². The molecule has 0 spiro atoms. The Morgan fingerprint density at radius 3 is 2.56 bits per heavy atom. The number of anilines is 2. The minimum absolute atomic E-state index is 0.453. The van der Waals surface area contributed by atoms with Crippen molar-refractivity contribution in [2.75, 3.05) is 23.7 Å². The first kappa shape index (κ1) is 15.6. The molecular formula is C18H21N7. The van der Waals surface area contributed by atoms with Crippen LogP contribution in [0.5, 0.6) is 0 Å². The van der Waals surface area contributed by atoms with E-state index in [2.05, 4.69) is 35.6 Å². The summed E-state index contributed by atoms with van der Waals surface area (Å²) in [5.41, 5.74) is 7.00. The molecule has 3 aromatic heterocycles. The molecule has 4 rings (SSSR count). The normalized spacial score (nSPS) is 15.4. The minimum atomic E-state index is 0.453. The monoisotopic (exact) mass is 335 g/mol. The highest BCUT2D eigenvalue weighted by molar-refractivity contribution is 5.38. The van der Waals surface area contributed by atoms with Crippen LogP contribution in [-0.2, 0) is 6.54 Å². The smallest absolute Gasteiger partial charge is 0.227 e. The van der Waals surface area contributed by atoms with Crippen LogP contribution in [0.3, 0.4) is 0 Å². The summed E-state index contributed by atoms with van der Waals surface area (Å²) in [4.78, 5) is 19.6. The molecule has 0 aromatic carbocycles. The zero-order chi connectivity index (χ0) is 17.1. The van der Waals surface area contributed by atoms with Gasteiger partial charge in [-0.1, -0.05) is 0 Å². The third-order valence-electron chi connectivity index (χ3n) is 4.66. The minimum Gasteiger partial charge on any atom is -0.384 e. The molecule has 7 heteroatoms. The Labute approximate surface area is 146 Å². The van der Waals surface area contributed by atoms with Crippen LogP contribution < -0.4 is 10.6 Å². The van der Waals surface area contributed by atoms with Crippen molar-refractivity contribution in [3.63, 3.8) is 0 Å². The number of rotatable bonds is 4. The van der Waals surface area contributed by atoms with E-state index in [1.165, 1.54) is 5.56 Å². The molecule has 3 aromatic rings. The fourth-order valence-electron chi connectivity index (χ4n) is 3.35. The number of imidazole rings is 1. The lowest BCUT2D eigenvalue weighted by molar-refractivity contribution is 0.466. The Morgan fingerprint density at radius 2 is 1.80 bits per heavy atom. The summed E-state index contributed by atoms with van der Waals surface area (Å²) in [5, 5.41) is 0. The standard InChI is InChI=1S/C18H21N7/c19-16-3-8-22-18(23-16)24-10-4-15(5-11-24)17-21-9-12-25(17)13-14-1-6-20-7-2-14/h1-3,6-9,12,15H,4-5,10-11,13H2,(H2,19,22,23). The average molecular weight is 335 g/mol. The third-order valence-corrected chi connectivity index (χ3v) is 4.66. The third kappa shape index (κ3) is 3.45. The second-order valence-corrected chi connectivity index (χ2v) is 6.31. The van der Waals surface area contributed by atoms with Crippen LogP contribution in [0, 0.1) is 0 Å². The summed E-state index contributed by atoms with van der Waals surface area (Å²) in [7, 11) is 0. The van der Waals surface area contributed by atoms with Crippen molar-refractivity contribution >= 4 is 11.8 Å². The molecule has 0 aliphatic carbocycles. The number of nitrogens with two attached hydrogens (primary N) is 1. The van der Waals surface area contributed by atoms with Crippen LogP contribution in [0.1, 0.15) is 30.1 Å². The molecule has 0 unspecified atom stereocenters. The Kier molecular flexibility index (Phi) is 4.28. The van der Waals surface area contributed by atoms with E-state index in [9.17, 15) is 0 Å². The summed E-state index contributed by atoms with van der Waals surface area (Å²) >= 11 is 0. The Hall–Kier alpha value is -2.96. The molecule has 4 heterocycles. The van der Waals surface area contributed by atoms with Crippen LogP contribution >= 0.6 is 0 Å². The lowest BCUT2D eigenvalue weighted by Crippen LogP contribution is -2.35. The van der Waals surface area contributed by atoms with Gasteiger partial charge in [0.25, 0.3) is 0 Å². The Balaban J connectivity index is 1.44. The van der Waals surface area contributed by atoms with Crippen molar-refractivity contribution in [1.29, 1.82) is 0 Å². The number of piperidine rings is 1. The number of nitrogens with zero attached hydrogens (tertiary/aromatic N) is 6. The molecule has 1 aliphatic heterocycles. The predicted octanol–water partition coefficient (Wildman–Crippen LogP) is 2.08. The maximum absolute atomic E-state index is 5.77. The topological polar surface area (TPSA) is 85.8 Å². The van der Waals surface area contributed by atoms with Gasteiger partial charge in [-0.05, 0) is 36.6 Å². The summed E-state index contributed by atoms with van der Waals surface area (Å²) in [6.45, 7) is 2.66. The van der Waals surface area contributed by atoms with E-state index in [1.54, 1.807) is 12.3 Å². The van der Waals surface area contributed by atoms with Crippen LogP contribution in [0.15, 0.2) is 49.2 Å². The molecule has 0 radical (unpaired) electrons. The van der Waals surface area contributed by atoms with Crippen molar-refractivity contribution in [3.8, 4) is 0 Å². The molecule has 0 saturated carbocycles. The lowest BCUT2D eigenvalue weighted by Gasteiger charge is -2.32. The van der Waals surface area contributed by atoms with Crippen LogP contribution in [-0.4, -0.2) is 37.6 Å². The van der Waals surface area contributed by atoms with Gasteiger partial charge in [0.05, 0.1) is 0 Å². The molecule has 1 aliphatic rings. The Bertz CT molecular complexity index is 822. The maximum Gasteiger partial charge on any atom is 0.227 e. The Morgan fingerprint density at radius 1 is 1.00 bits per heavy atom. The van der Waals surface area contributed by atoms with Gasteiger partial charge in [-0.25, -0.2) is 9.97 Å². The van der Waals surface area contributed by atoms with Gasteiger partial charge in [-0.3, -0.25) is 4.98 Å². The van der Waals surface area contributed by atoms with Gasteiger partial charge in [0.1, 0.15) is 11.6 Å². The van der Waals surface area contributed by atoms with Crippen molar-refractivity contribution in [3.05, 3.63) is 60.6 Å². The SMILES string of the molecule is Nc1ccnc(N2CCC(c3nccn3Cc3ccncc3)CC2)n1. The molecule has 0 amide bonds. The van der Waals surface area contributed by atoms with Crippen molar-refractivity contribution in [1.82, 2.24) is 24.5 Å². The van der Waals surface area contributed by atoms with Crippen molar-refractivity contribution in [2.45, 2.75) is 25.3 Å². The van der Waals surface area contributed by atoms with Gasteiger partial charge in [-0.15, -0.1) is 0 Å². The maximum atomic E-state index is 5.77.